The molecule has 0 amide bonds. The van der Waals surface area contributed by atoms with Gasteiger partial charge in [0, 0.05) is 18.5 Å². The standard InChI is InChI=1S/C12H16ClNO2S/c1-10-7-8-14(12(10)9-13)17(15,16)11-5-3-2-4-6-11/h2-6,10,12H,7-9H2,1H3. The van der Waals surface area contributed by atoms with Crippen molar-refractivity contribution in [3.8, 4) is 0 Å². The first-order valence-electron chi connectivity index (χ1n) is 5.70. The third-order valence-electron chi connectivity index (χ3n) is 3.34. The molecular formula is C12H16ClNO2S. The molecule has 0 aliphatic carbocycles. The minimum Gasteiger partial charge on any atom is -0.207 e. The van der Waals surface area contributed by atoms with Gasteiger partial charge in [0.2, 0.25) is 10.0 Å². The first kappa shape index (κ1) is 12.9. The van der Waals surface area contributed by atoms with Crippen LogP contribution >= 0.6 is 11.6 Å². The van der Waals surface area contributed by atoms with Gasteiger partial charge in [-0.2, -0.15) is 4.31 Å². The molecule has 1 fully saturated rings. The molecule has 1 heterocycles. The van der Waals surface area contributed by atoms with Crippen LogP contribution < -0.4 is 0 Å². The van der Waals surface area contributed by atoms with Gasteiger partial charge in [0.1, 0.15) is 0 Å². The minimum atomic E-state index is -3.38. The first-order chi connectivity index (χ1) is 8.07. The van der Waals surface area contributed by atoms with E-state index in [1.807, 2.05) is 13.0 Å². The Morgan fingerprint density at radius 2 is 2.00 bits per heavy atom. The van der Waals surface area contributed by atoms with Crippen LogP contribution in [0.5, 0.6) is 0 Å². The molecular weight excluding hydrogens is 258 g/mol. The number of benzene rings is 1. The molecule has 1 aromatic rings. The molecule has 1 aliphatic rings. The zero-order chi connectivity index (χ0) is 12.5. The van der Waals surface area contributed by atoms with E-state index in [0.717, 1.165) is 6.42 Å². The van der Waals surface area contributed by atoms with Gasteiger partial charge in [-0.15, -0.1) is 11.6 Å². The molecule has 94 valence electrons. The Labute approximate surface area is 107 Å². The van der Waals surface area contributed by atoms with Crippen LogP contribution in [0, 0.1) is 5.92 Å². The highest BCUT2D eigenvalue weighted by atomic mass is 35.5. The Morgan fingerprint density at radius 3 is 2.59 bits per heavy atom. The second kappa shape index (κ2) is 4.96. The Hall–Kier alpha value is -0.580. The number of hydrogen-bond acceptors (Lipinski definition) is 2. The lowest BCUT2D eigenvalue weighted by atomic mass is 10.1. The van der Waals surface area contributed by atoms with Gasteiger partial charge in [-0.05, 0) is 24.5 Å². The molecule has 0 spiro atoms. The van der Waals surface area contributed by atoms with Crippen molar-refractivity contribution in [2.45, 2.75) is 24.3 Å². The third-order valence-corrected chi connectivity index (χ3v) is 5.59. The topological polar surface area (TPSA) is 37.4 Å². The summed E-state index contributed by atoms with van der Waals surface area (Å²) in [4.78, 5) is 0.351. The summed E-state index contributed by atoms with van der Waals surface area (Å²) in [6.45, 7) is 2.61. The molecule has 0 radical (unpaired) electrons. The first-order valence-corrected chi connectivity index (χ1v) is 7.67. The maximum Gasteiger partial charge on any atom is 0.243 e. The monoisotopic (exact) mass is 273 g/mol. The largest absolute Gasteiger partial charge is 0.243 e. The van der Waals surface area contributed by atoms with Gasteiger partial charge in [-0.1, -0.05) is 25.1 Å². The summed E-state index contributed by atoms with van der Waals surface area (Å²) in [5.41, 5.74) is 0. The van der Waals surface area contributed by atoms with Gasteiger partial charge >= 0.3 is 0 Å². The van der Waals surface area contributed by atoms with Crippen LogP contribution in [0.1, 0.15) is 13.3 Å². The fraction of sp³-hybridized carbons (Fsp3) is 0.500. The van der Waals surface area contributed by atoms with E-state index in [2.05, 4.69) is 0 Å². The van der Waals surface area contributed by atoms with Gasteiger partial charge in [-0.25, -0.2) is 8.42 Å². The normalized spacial score (nSPS) is 26.2. The van der Waals surface area contributed by atoms with Crippen LogP contribution in [0.15, 0.2) is 35.2 Å². The number of nitrogens with zero attached hydrogens (tertiary/aromatic N) is 1. The molecule has 2 atom stereocenters. The van der Waals surface area contributed by atoms with E-state index in [-0.39, 0.29) is 6.04 Å². The molecule has 5 heteroatoms. The molecule has 3 nitrogen and oxygen atoms in total. The van der Waals surface area contributed by atoms with Gasteiger partial charge in [0.15, 0.2) is 0 Å². The summed E-state index contributed by atoms with van der Waals surface area (Å²) < 4.78 is 26.4. The van der Waals surface area contributed by atoms with Crippen molar-refractivity contribution in [2.24, 2.45) is 5.92 Å². The predicted octanol–water partition coefficient (Wildman–Crippen LogP) is 2.32. The molecule has 2 rings (SSSR count). The second-order valence-electron chi connectivity index (χ2n) is 4.42. The molecule has 0 N–H and O–H groups in total. The summed E-state index contributed by atoms with van der Waals surface area (Å²) in [5.74, 6) is 0.679. The van der Waals surface area contributed by atoms with Crippen LogP contribution in [-0.4, -0.2) is 31.2 Å². The van der Waals surface area contributed by atoms with Crippen molar-refractivity contribution >= 4 is 21.6 Å². The van der Waals surface area contributed by atoms with Gasteiger partial charge in [0.05, 0.1) is 4.90 Å². The number of hydrogen-bond donors (Lipinski definition) is 0. The summed E-state index contributed by atoms with van der Waals surface area (Å²) in [5, 5.41) is 0. The summed E-state index contributed by atoms with van der Waals surface area (Å²) in [7, 11) is -3.38. The molecule has 1 aliphatic heterocycles. The third kappa shape index (κ3) is 2.34. The van der Waals surface area contributed by atoms with Crippen molar-refractivity contribution in [2.75, 3.05) is 12.4 Å². The molecule has 1 aromatic carbocycles. The van der Waals surface area contributed by atoms with Crippen molar-refractivity contribution in [3.05, 3.63) is 30.3 Å². The summed E-state index contributed by atoms with van der Waals surface area (Å²) in [6.07, 6.45) is 0.878. The quantitative estimate of drug-likeness (QED) is 0.793. The Balaban J connectivity index is 2.34. The van der Waals surface area contributed by atoms with Crippen LogP contribution in [0.2, 0.25) is 0 Å². The van der Waals surface area contributed by atoms with Gasteiger partial charge in [-0.3, -0.25) is 0 Å². The Bertz CT molecular complexity index is 475. The van der Waals surface area contributed by atoms with Crippen molar-refractivity contribution in [1.29, 1.82) is 0 Å². The van der Waals surface area contributed by atoms with Gasteiger partial charge < -0.3 is 0 Å². The van der Waals surface area contributed by atoms with Gasteiger partial charge in [0.25, 0.3) is 0 Å². The molecule has 2 unspecified atom stereocenters. The zero-order valence-corrected chi connectivity index (χ0v) is 11.3. The molecule has 0 aromatic heterocycles. The smallest absolute Gasteiger partial charge is 0.207 e. The van der Waals surface area contributed by atoms with E-state index < -0.39 is 10.0 Å². The Morgan fingerprint density at radius 1 is 1.35 bits per heavy atom. The maximum atomic E-state index is 12.4. The maximum absolute atomic E-state index is 12.4. The highest BCUT2D eigenvalue weighted by molar-refractivity contribution is 7.89. The van der Waals surface area contributed by atoms with E-state index in [4.69, 9.17) is 11.6 Å². The predicted molar refractivity (Wildman–Crippen MR) is 68.6 cm³/mol. The van der Waals surface area contributed by atoms with Crippen LogP contribution in [0.3, 0.4) is 0 Å². The average Bonchev–Trinajstić information content (AvgIpc) is 2.72. The number of rotatable bonds is 3. The van der Waals surface area contributed by atoms with Crippen molar-refractivity contribution < 1.29 is 8.42 Å². The Kier molecular flexibility index (Phi) is 3.76. The fourth-order valence-corrected chi connectivity index (χ4v) is 4.54. The number of alkyl halides is 1. The lowest BCUT2D eigenvalue weighted by Gasteiger charge is -2.24. The second-order valence-corrected chi connectivity index (χ2v) is 6.62. The van der Waals surface area contributed by atoms with E-state index in [1.54, 1.807) is 28.6 Å². The average molecular weight is 274 g/mol. The number of halogens is 1. The molecule has 1 saturated heterocycles. The molecule has 0 bridgehead atoms. The highest BCUT2D eigenvalue weighted by Crippen LogP contribution is 2.30. The minimum absolute atomic E-state index is 0.0816. The van der Waals surface area contributed by atoms with Crippen molar-refractivity contribution in [3.63, 3.8) is 0 Å². The zero-order valence-electron chi connectivity index (χ0n) is 9.71. The van der Waals surface area contributed by atoms with Crippen LogP contribution in [0.4, 0.5) is 0 Å². The highest BCUT2D eigenvalue weighted by Gasteiger charge is 2.38. The van der Waals surface area contributed by atoms with Crippen LogP contribution in [-0.2, 0) is 10.0 Å². The summed E-state index contributed by atoms with van der Waals surface area (Å²) >= 11 is 5.88. The summed E-state index contributed by atoms with van der Waals surface area (Å²) in [6, 6.07) is 8.46. The molecule has 0 saturated carbocycles. The lowest BCUT2D eigenvalue weighted by Crippen LogP contribution is -2.38. The van der Waals surface area contributed by atoms with E-state index in [9.17, 15) is 8.42 Å². The van der Waals surface area contributed by atoms with Crippen LogP contribution in [0.25, 0.3) is 0 Å². The van der Waals surface area contributed by atoms with E-state index >= 15 is 0 Å². The van der Waals surface area contributed by atoms with E-state index in [1.165, 1.54) is 0 Å². The fourth-order valence-electron chi connectivity index (χ4n) is 2.23. The van der Waals surface area contributed by atoms with Crippen molar-refractivity contribution in [1.82, 2.24) is 4.31 Å². The SMILES string of the molecule is CC1CCN(S(=O)(=O)c2ccccc2)C1CCl. The number of sulfonamides is 1. The van der Waals surface area contributed by atoms with E-state index in [0.29, 0.717) is 23.2 Å². The molecule has 17 heavy (non-hydrogen) atoms. The lowest BCUT2D eigenvalue weighted by molar-refractivity contribution is 0.375.